The summed E-state index contributed by atoms with van der Waals surface area (Å²) in [5.41, 5.74) is 1.62. The Labute approximate surface area is 107 Å². The van der Waals surface area contributed by atoms with Crippen LogP contribution in [0.25, 0.3) is 0 Å². The van der Waals surface area contributed by atoms with Crippen LogP contribution >= 0.6 is 0 Å². The van der Waals surface area contributed by atoms with Gasteiger partial charge in [0.15, 0.2) is 0 Å². The number of amides is 2. The minimum atomic E-state index is -0.277. The molecule has 0 bridgehead atoms. The summed E-state index contributed by atoms with van der Waals surface area (Å²) < 4.78 is 5.15. The van der Waals surface area contributed by atoms with Gasteiger partial charge in [0.1, 0.15) is 5.75 Å². The van der Waals surface area contributed by atoms with Gasteiger partial charge in [-0.1, -0.05) is 13.0 Å². The van der Waals surface area contributed by atoms with E-state index in [1.807, 2.05) is 19.1 Å². The van der Waals surface area contributed by atoms with Crippen LogP contribution in [-0.4, -0.2) is 25.5 Å². The Kier molecular flexibility index (Phi) is 5.17. The number of anilines is 1. The SMILES string of the molecule is CCC(=O)NCC(=O)Nc1cc(C)ccc1OC. The standard InChI is InChI=1S/C13H18N2O3/c1-4-12(16)14-8-13(17)15-10-7-9(2)5-6-11(10)18-3/h5-7H,4,8H2,1-3H3,(H,14,16)(H,15,17). The molecule has 0 atom stereocenters. The number of rotatable bonds is 5. The number of aryl methyl sites for hydroxylation is 1. The van der Waals surface area contributed by atoms with Crippen LogP contribution in [0.2, 0.25) is 0 Å². The highest BCUT2D eigenvalue weighted by atomic mass is 16.5. The van der Waals surface area contributed by atoms with E-state index in [-0.39, 0.29) is 18.4 Å². The number of methoxy groups -OCH3 is 1. The predicted octanol–water partition coefficient (Wildman–Crippen LogP) is 1.47. The average molecular weight is 250 g/mol. The molecule has 1 aromatic rings. The lowest BCUT2D eigenvalue weighted by Gasteiger charge is -2.11. The van der Waals surface area contributed by atoms with Gasteiger partial charge in [-0.05, 0) is 24.6 Å². The highest BCUT2D eigenvalue weighted by Crippen LogP contribution is 2.24. The van der Waals surface area contributed by atoms with Crippen molar-refractivity contribution in [3.63, 3.8) is 0 Å². The number of benzene rings is 1. The van der Waals surface area contributed by atoms with Crippen LogP contribution in [0.4, 0.5) is 5.69 Å². The summed E-state index contributed by atoms with van der Waals surface area (Å²) in [4.78, 5) is 22.7. The molecule has 98 valence electrons. The van der Waals surface area contributed by atoms with E-state index in [9.17, 15) is 9.59 Å². The number of hydrogen-bond acceptors (Lipinski definition) is 3. The Hall–Kier alpha value is -2.04. The van der Waals surface area contributed by atoms with Crippen LogP contribution in [0.1, 0.15) is 18.9 Å². The molecule has 18 heavy (non-hydrogen) atoms. The van der Waals surface area contributed by atoms with Gasteiger partial charge in [0.2, 0.25) is 11.8 Å². The molecule has 0 fully saturated rings. The quantitative estimate of drug-likeness (QED) is 0.831. The summed E-state index contributed by atoms with van der Waals surface area (Å²) in [6.07, 6.45) is 0.362. The van der Waals surface area contributed by atoms with E-state index in [4.69, 9.17) is 4.74 Å². The van der Waals surface area contributed by atoms with Crippen molar-refractivity contribution in [3.8, 4) is 5.75 Å². The summed E-state index contributed by atoms with van der Waals surface area (Å²) in [7, 11) is 1.54. The van der Waals surface area contributed by atoms with Gasteiger partial charge in [-0.15, -0.1) is 0 Å². The molecule has 5 heteroatoms. The fourth-order valence-corrected chi connectivity index (χ4v) is 1.42. The van der Waals surface area contributed by atoms with E-state index >= 15 is 0 Å². The zero-order valence-corrected chi connectivity index (χ0v) is 10.9. The molecular formula is C13H18N2O3. The lowest BCUT2D eigenvalue weighted by atomic mass is 10.2. The van der Waals surface area contributed by atoms with E-state index in [0.29, 0.717) is 17.9 Å². The van der Waals surface area contributed by atoms with Gasteiger partial charge >= 0.3 is 0 Å². The van der Waals surface area contributed by atoms with Gasteiger partial charge < -0.3 is 15.4 Å². The summed E-state index contributed by atoms with van der Waals surface area (Å²) >= 11 is 0. The third-order valence-electron chi connectivity index (χ3n) is 2.40. The van der Waals surface area contributed by atoms with E-state index in [1.54, 1.807) is 20.1 Å². The largest absolute Gasteiger partial charge is 0.495 e. The summed E-state index contributed by atoms with van der Waals surface area (Å²) in [6.45, 7) is 3.62. The third kappa shape index (κ3) is 4.08. The fourth-order valence-electron chi connectivity index (χ4n) is 1.42. The Morgan fingerprint density at radius 3 is 2.61 bits per heavy atom. The molecule has 0 saturated carbocycles. The first-order chi connectivity index (χ1) is 8.56. The molecule has 0 heterocycles. The fraction of sp³-hybridized carbons (Fsp3) is 0.385. The van der Waals surface area contributed by atoms with Crippen molar-refractivity contribution in [1.29, 1.82) is 0 Å². The summed E-state index contributed by atoms with van der Waals surface area (Å²) in [5, 5.41) is 5.22. The molecule has 0 aliphatic rings. The maximum absolute atomic E-state index is 11.6. The second kappa shape index (κ2) is 6.64. The molecule has 0 aromatic heterocycles. The first-order valence-electron chi connectivity index (χ1n) is 5.78. The average Bonchev–Trinajstić information content (AvgIpc) is 2.36. The van der Waals surface area contributed by atoms with Crippen molar-refractivity contribution < 1.29 is 14.3 Å². The van der Waals surface area contributed by atoms with E-state index in [1.165, 1.54) is 0 Å². The molecule has 5 nitrogen and oxygen atoms in total. The van der Waals surface area contributed by atoms with Gasteiger partial charge in [-0.3, -0.25) is 9.59 Å². The molecular weight excluding hydrogens is 232 g/mol. The number of nitrogens with one attached hydrogen (secondary N) is 2. The number of ether oxygens (including phenoxy) is 1. The second-order valence-electron chi connectivity index (χ2n) is 3.88. The smallest absolute Gasteiger partial charge is 0.243 e. The monoisotopic (exact) mass is 250 g/mol. The highest BCUT2D eigenvalue weighted by Gasteiger charge is 2.08. The first kappa shape index (κ1) is 14.0. The third-order valence-corrected chi connectivity index (χ3v) is 2.40. The number of carbonyl (C=O) groups excluding carboxylic acids is 2. The molecule has 1 rings (SSSR count). The summed E-state index contributed by atoms with van der Waals surface area (Å²) in [5.74, 6) is 0.165. The van der Waals surface area contributed by atoms with Gasteiger partial charge in [-0.2, -0.15) is 0 Å². The van der Waals surface area contributed by atoms with Crippen molar-refractivity contribution >= 4 is 17.5 Å². The normalized spacial score (nSPS) is 9.72. The molecule has 2 amide bonds. The maximum Gasteiger partial charge on any atom is 0.243 e. The molecule has 2 N–H and O–H groups in total. The topological polar surface area (TPSA) is 67.4 Å². The Morgan fingerprint density at radius 2 is 2.00 bits per heavy atom. The van der Waals surface area contributed by atoms with Crippen molar-refractivity contribution in [3.05, 3.63) is 23.8 Å². The minimum absolute atomic E-state index is 0.0379. The maximum atomic E-state index is 11.6. The van der Waals surface area contributed by atoms with E-state index < -0.39 is 0 Å². The van der Waals surface area contributed by atoms with Crippen molar-refractivity contribution in [2.45, 2.75) is 20.3 Å². The van der Waals surface area contributed by atoms with Crippen molar-refractivity contribution in [2.24, 2.45) is 0 Å². The molecule has 0 radical (unpaired) electrons. The van der Waals surface area contributed by atoms with Crippen molar-refractivity contribution in [1.82, 2.24) is 5.32 Å². The number of carbonyl (C=O) groups is 2. The Balaban J connectivity index is 2.63. The van der Waals surface area contributed by atoms with E-state index in [2.05, 4.69) is 10.6 Å². The van der Waals surface area contributed by atoms with E-state index in [0.717, 1.165) is 5.56 Å². The van der Waals surface area contributed by atoms with Gasteiger partial charge in [-0.25, -0.2) is 0 Å². The van der Waals surface area contributed by atoms with Crippen LogP contribution in [-0.2, 0) is 9.59 Å². The molecule has 0 aliphatic carbocycles. The lowest BCUT2D eigenvalue weighted by molar-refractivity contribution is -0.123. The molecule has 1 aromatic carbocycles. The second-order valence-corrected chi connectivity index (χ2v) is 3.88. The van der Waals surface area contributed by atoms with Crippen LogP contribution in [0, 0.1) is 6.92 Å². The van der Waals surface area contributed by atoms with Crippen molar-refractivity contribution in [2.75, 3.05) is 19.0 Å². The Morgan fingerprint density at radius 1 is 1.28 bits per heavy atom. The predicted molar refractivity (Wildman–Crippen MR) is 69.7 cm³/mol. The minimum Gasteiger partial charge on any atom is -0.495 e. The van der Waals surface area contributed by atoms with Crippen LogP contribution in [0.15, 0.2) is 18.2 Å². The summed E-state index contributed by atoms with van der Waals surface area (Å²) in [6, 6.07) is 5.50. The molecule has 0 unspecified atom stereocenters. The molecule has 0 saturated heterocycles. The molecule has 0 aliphatic heterocycles. The Bertz CT molecular complexity index is 444. The lowest BCUT2D eigenvalue weighted by Crippen LogP contribution is -2.32. The van der Waals surface area contributed by atoms with Crippen LogP contribution < -0.4 is 15.4 Å². The van der Waals surface area contributed by atoms with Gasteiger partial charge in [0, 0.05) is 6.42 Å². The number of hydrogen-bond donors (Lipinski definition) is 2. The highest BCUT2D eigenvalue weighted by molar-refractivity contribution is 5.95. The zero-order valence-electron chi connectivity index (χ0n) is 10.9. The van der Waals surface area contributed by atoms with Crippen LogP contribution in [0.3, 0.4) is 0 Å². The van der Waals surface area contributed by atoms with Gasteiger partial charge in [0.05, 0.1) is 19.3 Å². The van der Waals surface area contributed by atoms with Crippen LogP contribution in [0.5, 0.6) is 5.75 Å². The first-order valence-corrected chi connectivity index (χ1v) is 5.78. The molecule has 0 spiro atoms. The van der Waals surface area contributed by atoms with Gasteiger partial charge in [0.25, 0.3) is 0 Å². The zero-order chi connectivity index (χ0) is 13.5.